The van der Waals surface area contributed by atoms with E-state index in [1.165, 1.54) is 30.2 Å². The van der Waals surface area contributed by atoms with Crippen molar-refractivity contribution in [3.63, 3.8) is 0 Å². The second-order valence-electron chi connectivity index (χ2n) is 11.7. The lowest BCUT2D eigenvalue weighted by molar-refractivity contribution is -0.140. The smallest absolute Gasteiger partial charge is 0.307 e. The van der Waals surface area contributed by atoms with Crippen molar-refractivity contribution in [1.29, 1.82) is 0 Å². The van der Waals surface area contributed by atoms with Crippen LogP contribution >= 0.6 is 43.4 Å². The number of benzene rings is 1. The van der Waals surface area contributed by atoms with Gasteiger partial charge in [0.15, 0.2) is 7.57 Å². The monoisotopic (exact) mass is 750 g/mol. The third-order valence-electron chi connectivity index (χ3n) is 4.04. The Kier molecular flexibility index (Phi) is 42.2. The lowest BCUT2D eigenvalue weighted by Crippen LogP contribution is -2.19. The van der Waals surface area contributed by atoms with E-state index in [0.717, 1.165) is 35.5 Å². The molecule has 0 saturated heterocycles. The van der Waals surface area contributed by atoms with Crippen LogP contribution in [0.3, 0.4) is 0 Å². The minimum atomic E-state index is -3.15. The predicted octanol–water partition coefficient (Wildman–Crippen LogP) is 8.07. The summed E-state index contributed by atoms with van der Waals surface area (Å²) >= 11 is 12.1. The van der Waals surface area contributed by atoms with Crippen LogP contribution in [0, 0.1) is 29.6 Å². The van der Waals surface area contributed by atoms with E-state index in [1.54, 1.807) is 0 Å². The van der Waals surface area contributed by atoms with Crippen LogP contribution in [0.2, 0.25) is 0 Å². The van der Waals surface area contributed by atoms with Crippen LogP contribution < -0.4 is 0 Å². The SMILES string of the molecule is CC(C)CS.CC(C)CS(C)(=O)=O.CC(C)CSCc1ccccc1.CSCC(C)C.C[C@H](CS(C)(=O)=O)C(=O)O.[B]P=S. The number of thiol groups is 1. The van der Waals surface area contributed by atoms with Crippen molar-refractivity contribution in [2.75, 3.05) is 47.5 Å². The molecule has 0 aliphatic heterocycles. The zero-order valence-corrected chi connectivity index (χ0v) is 34.9. The van der Waals surface area contributed by atoms with Crippen molar-refractivity contribution in [2.45, 2.75) is 68.1 Å². The Morgan fingerprint density at radius 1 is 0.841 bits per heavy atom. The van der Waals surface area contributed by atoms with E-state index in [1.807, 2.05) is 37.4 Å². The highest BCUT2D eigenvalue weighted by Gasteiger charge is 2.16. The molecule has 1 atom stereocenters. The Hall–Kier alpha value is 0.225. The van der Waals surface area contributed by atoms with E-state index in [9.17, 15) is 21.6 Å². The number of rotatable bonds is 12. The molecule has 0 aliphatic carbocycles. The van der Waals surface area contributed by atoms with Gasteiger partial charge in [-0.3, -0.25) is 4.79 Å². The first-order valence-corrected chi connectivity index (χ1v) is 23.6. The number of aliphatic carboxylic acids is 1. The normalized spacial score (nSPS) is 11.4. The van der Waals surface area contributed by atoms with Crippen LogP contribution in [0.25, 0.3) is 0 Å². The average Bonchev–Trinajstić information content (AvgIpc) is 2.84. The van der Waals surface area contributed by atoms with Crippen LogP contribution in [-0.4, -0.2) is 83.0 Å². The zero-order valence-electron chi connectivity index (χ0n) is 29.0. The third-order valence-corrected chi connectivity index (χ3v) is 9.59. The van der Waals surface area contributed by atoms with Gasteiger partial charge in [0.25, 0.3) is 0 Å². The van der Waals surface area contributed by atoms with Gasteiger partial charge in [-0.25, -0.2) is 16.8 Å². The molecule has 2 radical (unpaired) electrons. The van der Waals surface area contributed by atoms with E-state index < -0.39 is 31.6 Å². The molecule has 1 aromatic rings. The maximum absolute atomic E-state index is 10.5. The van der Waals surface area contributed by atoms with Gasteiger partial charge in [0.05, 0.1) is 17.4 Å². The standard InChI is InChI=1S/C11H16S.C5H10O4S.C5H12O2S.C5H12S.C4H10S.BPS/c1-10(2)8-12-9-11-6-4-3-5-7-11;1-4(5(6)7)3-10(2,8)9;1-5(2)4-8(3,6)7;1-5(2)4-6-3;1-4(2)3-5;1-2-3/h3-7,10H,8-9H2,1-2H3;4H,3H2,1-2H3,(H,6,7);5H,4H2,1-3H3;5H,4H2,1-3H3;4-5H,3H2,1-2H3;/t;4-;;;;/m.1..../s1. The van der Waals surface area contributed by atoms with E-state index in [0.29, 0.717) is 13.0 Å². The number of sulfone groups is 2. The van der Waals surface area contributed by atoms with Gasteiger partial charge in [0, 0.05) is 18.3 Å². The Morgan fingerprint density at radius 2 is 1.23 bits per heavy atom. The summed E-state index contributed by atoms with van der Waals surface area (Å²) in [7, 11) is -0.738. The Balaban J connectivity index is -0.000000145. The number of hydrogen-bond acceptors (Lipinski definition) is 9. The van der Waals surface area contributed by atoms with Gasteiger partial charge < -0.3 is 5.11 Å². The number of carboxylic acid groups (broad SMARTS) is 1. The molecule has 0 fully saturated rings. The van der Waals surface area contributed by atoms with Crippen molar-refractivity contribution in [1.82, 2.24) is 0 Å². The van der Waals surface area contributed by atoms with Crippen LogP contribution in [-0.2, 0) is 42.0 Å². The predicted molar refractivity (Wildman–Crippen MR) is 210 cm³/mol. The number of carboxylic acids is 1. The minimum absolute atomic E-state index is 0.255. The Labute approximate surface area is 294 Å². The highest BCUT2D eigenvalue weighted by atomic mass is 32.4. The topological polar surface area (TPSA) is 106 Å². The van der Waals surface area contributed by atoms with Crippen LogP contribution in [0.4, 0.5) is 0 Å². The summed E-state index contributed by atoms with van der Waals surface area (Å²) < 4.78 is 41.8. The average molecular weight is 751 g/mol. The van der Waals surface area contributed by atoms with Gasteiger partial charge >= 0.3 is 5.97 Å². The summed E-state index contributed by atoms with van der Waals surface area (Å²) in [5.74, 6) is 5.49. The maximum Gasteiger partial charge on any atom is 0.307 e. The summed E-state index contributed by atoms with van der Waals surface area (Å²) in [6.07, 6.45) is 4.42. The summed E-state index contributed by atoms with van der Waals surface area (Å²) in [5, 5.41) is 8.28. The molecular formula is C30H60BO6PS6. The second-order valence-corrected chi connectivity index (χ2v) is 19.3. The molecule has 0 amide bonds. The number of thioether (sulfide) groups is 2. The highest BCUT2D eigenvalue weighted by molar-refractivity contribution is 8.07. The van der Waals surface area contributed by atoms with Crippen molar-refractivity contribution in [3.05, 3.63) is 35.9 Å². The Morgan fingerprint density at radius 3 is 1.41 bits per heavy atom. The molecule has 14 heteroatoms. The lowest BCUT2D eigenvalue weighted by Gasteiger charge is -2.03. The van der Waals surface area contributed by atoms with Crippen molar-refractivity contribution in [2.24, 2.45) is 29.6 Å². The van der Waals surface area contributed by atoms with Gasteiger partial charge in [0.1, 0.15) is 19.7 Å². The second kappa shape index (κ2) is 34.6. The molecule has 1 N–H and O–H groups in total. The van der Waals surface area contributed by atoms with Gasteiger partial charge in [-0.2, -0.15) is 36.2 Å². The molecular weight excluding hydrogens is 691 g/mol. The molecule has 0 aromatic heterocycles. The van der Waals surface area contributed by atoms with Crippen LogP contribution in [0.5, 0.6) is 0 Å². The van der Waals surface area contributed by atoms with Gasteiger partial charge in [-0.1, -0.05) is 112 Å². The summed E-state index contributed by atoms with van der Waals surface area (Å²) in [4.78, 5) is 10.1. The van der Waals surface area contributed by atoms with E-state index in [4.69, 9.17) is 5.11 Å². The molecule has 6 nitrogen and oxygen atoms in total. The first-order chi connectivity index (χ1) is 20.0. The molecule has 0 unspecified atom stereocenters. The minimum Gasteiger partial charge on any atom is -0.481 e. The number of hydrogen-bond donors (Lipinski definition) is 2. The fraction of sp³-hybridized carbons (Fsp3) is 0.767. The quantitative estimate of drug-likeness (QED) is 0.125. The molecule has 0 spiro atoms. The first kappa shape index (κ1) is 53.7. The fourth-order valence-electron chi connectivity index (χ4n) is 2.45. The molecule has 1 rings (SSSR count). The molecule has 44 heavy (non-hydrogen) atoms. The van der Waals surface area contributed by atoms with E-state index >= 15 is 0 Å². The van der Waals surface area contributed by atoms with Crippen LogP contribution in [0.15, 0.2) is 30.3 Å². The largest absolute Gasteiger partial charge is 0.481 e. The highest BCUT2D eigenvalue weighted by Crippen LogP contribution is 2.14. The third kappa shape index (κ3) is 65.0. The maximum atomic E-state index is 10.5. The molecule has 0 bridgehead atoms. The molecule has 0 aliphatic rings. The summed E-state index contributed by atoms with van der Waals surface area (Å²) in [6, 6.07) is 10.6. The Bertz CT molecular complexity index is 991. The lowest BCUT2D eigenvalue weighted by atomic mass is 10.2. The zero-order chi connectivity index (χ0) is 35.9. The number of carbonyl (C=O) groups is 1. The fourth-order valence-corrected chi connectivity index (χ4v) is 6.40. The molecule has 0 saturated carbocycles. The van der Waals surface area contributed by atoms with Crippen molar-refractivity contribution in [3.8, 4) is 0 Å². The first-order valence-electron chi connectivity index (χ1n) is 14.3. The van der Waals surface area contributed by atoms with Crippen LogP contribution in [0.1, 0.15) is 67.9 Å². The van der Waals surface area contributed by atoms with E-state index in [-0.39, 0.29) is 11.7 Å². The van der Waals surface area contributed by atoms with Gasteiger partial charge in [0.2, 0.25) is 0 Å². The van der Waals surface area contributed by atoms with Gasteiger partial charge in [-0.15, -0.1) is 0 Å². The van der Waals surface area contributed by atoms with Crippen molar-refractivity contribution < 1.29 is 26.7 Å². The molecule has 1 aromatic carbocycles. The van der Waals surface area contributed by atoms with Gasteiger partial charge in [-0.05, 0) is 52.7 Å². The molecule has 0 heterocycles. The van der Waals surface area contributed by atoms with E-state index in [2.05, 4.69) is 110 Å². The molecule has 260 valence electrons. The summed E-state index contributed by atoms with van der Waals surface area (Å²) in [6.45, 7) is 18.4. The van der Waals surface area contributed by atoms with Crippen molar-refractivity contribution >= 4 is 88.4 Å². The summed E-state index contributed by atoms with van der Waals surface area (Å²) in [5.41, 5.74) is 1.43.